The molecule has 5 nitrogen and oxygen atoms in total. The van der Waals surface area contributed by atoms with Gasteiger partial charge in [-0.3, -0.25) is 0 Å². The number of nitrogens with one attached hydrogen (secondary N) is 1. The van der Waals surface area contributed by atoms with Crippen LogP contribution in [0.5, 0.6) is 11.8 Å². The van der Waals surface area contributed by atoms with Crippen LogP contribution in [0.4, 0.5) is 0 Å². The molecular weight excluding hydrogens is 276 g/mol. The summed E-state index contributed by atoms with van der Waals surface area (Å²) >= 11 is 6.14. The number of rotatable bonds is 6. The largest absolute Gasteiger partial charge is 0.421 e. The van der Waals surface area contributed by atoms with Crippen LogP contribution in [-0.2, 0) is 13.6 Å². The predicted molar refractivity (Wildman–Crippen MR) is 79.3 cm³/mol. The fraction of sp³-hybridized carbons (Fsp3) is 0.429. The van der Waals surface area contributed by atoms with Gasteiger partial charge in [-0.2, -0.15) is 5.10 Å². The Labute approximate surface area is 123 Å². The van der Waals surface area contributed by atoms with Gasteiger partial charge in [-0.15, -0.1) is 0 Å². The fourth-order valence-corrected chi connectivity index (χ4v) is 2.01. The summed E-state index contributed by atoms with van der Waals surface area (Å²) in [6, 6.07) is 3.72. The van der Waals surface area contributed by atoms with Gasteiger partial charge in [-0.1, -0.05) is 18.5 Å². The minimum Gasteiger partial charge on any atom is -0.421 e. The average Bonchev–Trinajstić information content (AvgIpc) is 2.72. The molecule has 0 aromatic carbocycles. The quantitative estimate of drug-likeness (QED) is 0.832. The van der Waals surface area contributed by atoms with Gasteiger partial charge in [0.1, 0.15) is 0 Å². The van der Waals surface area contributed by atoms with E-state index in [0.29, 0.717) is 23.3 Å². The highest BCUT2D eigenvalue weighted by Crippen LogP contribution is 2.24. The number of aryl methyl sites for hydroxylation is 2. The molecule has 2 aromatic rings. The standard InChI is InChI=1S/C14H19ClN4O/c1-4-5-16-8-11-7-13(17-9-12(11)15)20-14-6-10(2)18-19(14)3/h6-7,9,16H,4-5,8H2,1-3H3. The molecule has 0 aliphatic rings. The Balaban J connectivity index is 2.12. The van der Waals surface area contributed by atoms with E-state index < -0.39 is 0 Å². The molecule has 0 spiro atoms. The minimum atomic E-state index is 0.519. The molecule has 0 radical (unpaired) electrons. The first-order valence-electron chi connectivity index (χ1n) is 6.63. The number of aromatic nitrogens is 3. The minimum absolute atomic E-state index is 0.519. The Kier molecular flexibility index (Phi) is 4.98. The van der Waals surface area contributed by atoms with Crippen molar-refractivity contribution in [2.45, 2.75) is 26.8 Å². The molecule has 0 amide bonds. The van der Waals surface area contributed by atoms with Gasteiger partial charge in [-0.25, -0.2) is 9.67 Å². The molecule has 0 fully saturated rings. The zero-order valence-corrected chi connectivity index (χ0v) is 12.7. The van der Waals surface area contributed by atoms with Gasteiger partial charge in [0.15, 0.2) is 0 Å². The van der Waals surface area contributed by atoms with E-state index in [9.17, 15) is 0 Å². The first-order valence-corrected chi connectivity index (χ1v) is 7.01. The molecule has 108 valence electrons. The Morgan fingerprint density at radius 2 is 2.20 bits per heavy atom. The predicted octanol–water partition coefficient (Wildman–Crippen LogP) is 3.07. The van der Waals surface area contributed by atoms with E-state index in [0.717, 1.165) is 24.2 Å². The van der Waals surface area contributed by atoms with E-state index in [1.54, 1.807) is 10.9 Å². The van der Waals surface area contributed by atoms with E-state index in [1.165, 1.54) is 0 Å². The monoisotopic (exact) mass is 294 g/mol. The van der Waals surface area contributed by atoms with Gasteiger partial charge in [0.2, 0.25) is 11.8 Å². The van der Waals surface area contributed by atoms with Crippen LogP contribution in [0.3, 0.4) is 0 Å². The van der Waals surface area contributed by atoms with Crippen LogP contribution in [0.15, 0.2) is 18.3 Å². The molecule has 20 heavy (non-hydrogen) atoms. The van der Waals surface area contributed by atoms with Crippen molar-refractivity contribution in [3.05, 3.63) is 34.6 Å². The van der Waals surface area contributed by atoms with Crippen molar-refractivity contribution in [2.75, 3.05) is 6.54 Å². The Morgan fingerprint density at radius 3 is 2.85 bits per heavy atom. The molecule has 0 saturated carbocycles. The highest BCUT2D eigenvalue weighted by molar-refractivity contribution is 6.31. The van der Waals surface area contributed by atoms with Crippen molar-refractivity contribution in [2.24, 2.45) is 7.05 Å². The normalized spacial score (nSPS) is 10.8. The first-order chi connectivity index (χ1) is 9.60. The molecule has 6 heteroatoms. The molecule has 0 aliphatic carbocycles. The number of nitrogens with zero attached hydrogens (tertiary/aromatic N) is 3. The molecule has 2 aromatic heterocycles. The second-order valence-corrected chi connectivity index (χ2v) is 5.05. The lowest BCUT2D eigenvalue weighted by Gasteiger charge is -2.09. The second kappa shape index (κ2) is 6.72. The zero-order chi connectivity index (χ0) is 14.5. The Morgan fingerprint density at radius 1 is 1.40 bits per heavy atom. The molecule has 2 heterocycles. The van der Waals surface area contributed by atoms with Crippen LogP contribution in [0, 0.1) is 6.92 Å². The molecule has 0 atom stereocenters. The summed E-state index contributed by atoms with van der Waals surface area (Å²) < 4.78 is 7.42. The van der Waals surface area contributed by atoms with Crippen molar-refractivity contribution >= 4 is 11.6 Å². The molecule has 2 rings (SSSR count). The summed E-state index contributed by atoms with van der Waals surface area (Å²) in [5, 5.41) is 8.19. The third-order valence-electron chi connectivity index (χ3n) is 2.82. The van der Waals surface area contributed by atoms with Gasteiger partial charge in [-0.05, 0) is 25.5 Å². The van der Waals surface area contributed by atoms with Crippen molar-refractivity contribution in [3.63, 3.8) is 0 Å². The van der Waals surface area contributed by atoms with E-state index in [1.807, 2.05) is 26.1 Å². The number of pyridine rings is 1. The van der Waals surface area contributed by atoms with Gasteiger partial charge < -0.3 is 10.1 Å². The molecule has 0 aliphatic heterocycles. The molecule has 1 N–H and O–H groups in total. The maximum Gasteiger partial charge on any atom is 0.221 e. The highest BCUT2D eigenvalue weighted by Gasteiger charge is 2.08. The van der Waals surface area contributed by atoms with Crippen molar-refractivity contribution < 1.29 is 4.74 Å². The van der Waals surface area contributed by atoms with Gasteiger partial charge >= 0.3 is 0 Å². The van der Waals surface area contributed by atoms with E-state index in [-0.39, 0.29) is 0 Å². The van der Waals surface area contributed by atoms with Crippen molar-refractivity contribution in [3.8, 4) is 11.8 Å². The summed E-state index contributed by atoms with van der Waals surface area (Å²) in [7, 11) is 1.84. The SMILES string of the molecule is CCCNCc1cc(Oc2cc(C)nn2C)ncc1Cl. The van der Waals surface area contributed by atoms with Gasteiger partial charge in [0.25, 0.3) is 0 Å². The molecule has 0 bridgehead atoms. The summed E-state index contributed by atoms with van der Waals surface area (Å²) in [5.74, 6) is 1.18. The zero-order valence-electron chi connectivity index (χ0n) is 12.0. The summed E-state index contributed by atoms with van der Waals surface area (Å²) in [6.07, 6.45) is 2.70. The van der Waals surface area contributed by atoms with Crippen molar-refractivity contribution in [1.29, 1.82) is 0 Å². The first kappa shape index (κ1) is 14.8. The molecular formula is C14H19ClN4O. The van der Waals surface area contributed by atoms with Gasteiger partial charge in [0, 0.05) is 31.9 Å². The smallest absolute Gasteiger partial charge is 0.221 e. The van der Waals surface area contributed by atoms with Crippen LogP contribution < -0.4 is 10.1 Å². The number of halogens is 1. The van der Waals surface area contributed by atoms with Crippen LogP contribution in [-0.4, -0.2) is 21.3 Å². The van der Waals surface area contributed by atoms with Crippen LogP contribution in [0.2, 0.25) is 5.02 Å². The Bertz CT molecular complexity index is 583. The summed E-state index contributed by atoms with van der Waals surface area (Å²) in [6.45, 7) is 5.70. The van der Waals surface area contributed by atoms with Crippen molar-refractivity contribution in [1.82, 2.24) is 20.1 Å². The summed E-state index contributed by atoms with van der Waals surface area (Å²) in [5.41, 5.74) is 1.88. The highest BCUT2D eigenvalue weighted by atomic mass is 35.5. The maximum atomic E-state index is 6.14. The van der Waals surface area contributed by atoms with Crippen LogP contribution in [0.25, 0.3) is 0 Å². The summed E-state index contributed by atoms with van der Waals surface area (Å²) in [4.78, 5) is 4.19. The van der Waals surface area contributed by atoms with Crippen LogP contribution >= 0.6 is 11.6 Å². The second-order valence-electron chi connectivity index (χ2n) is 4.64. The maximum absolute atomic E-state index is 6.14. The lowest BCUT2D eigenvalue weighted by molar-refractivity contribution is 0.414. The lowest BCUT2D eigenvalue weighted by atomic mass is 10.2. The molecule has 0 saturated heterocycles. The molecule has 0 unspecified atom stereocenters. The average molecular weight is 295 g/mol. The number of ether oxygens (including phenoxy) is 1. The number of hydrogen-bond donors (Lipinski definition) is 1. The number of hydrogen-bond acceptors (Lipinski definition) is 4. The van der Waals surface area contributed by atoms with Crippen LogP contribution in [0.1, 0.15) is 24.6 Å². The topological polar surface area (TPSA) is 52.0 Å². The lowest BCUT2D eigenvalue weighted by Crippen LogP contribution is -2.14. The van der Waals surface area contributed by atoms with E-state index >= 15 is 0 Å². The Hall–Kier alpha value is -1.59. The van der Waals surface area contributed by atoms with Gasteiger partial charge in [0.05, 0.1) is 10.7 Å². The van der Waals surface area contributed by atoms with E-state index in [2.05, 4.69) is 22.3 Å². The third-order valence-corrected chi connectivity index (χ3v) is 3.16. The third kappa shape index (κ3) is 3.71. The van der Waals surface area contributed by atoms with E-state index in [4.69, 9.17) is 16.3 Å². The fourth-order valence-electron chi connectivity index (χ4n) is 1.84.